The Labute approximate surface area is 108 Å². The zero-order valence-electron chi connectivity index (χ0n) is 11.5. The Morgan fingerprint density at radius 2 is 2.17 bits per heavy atom. The van der Waals surface area contributed by atoms with E-state index in [1.165, 1.54) is 5.56 Å². The summed E-state index contributed by atoms with van der Waals surface area (Å²) < 4.78 is 11.2. The Kier molecular flexibility index (Phi) is 3.92. The van der Waals surface area contributed by atoms with Crippen molar-refractivity contribution in [2.24, 2.45) is 0 Å². The third-order valence-corrected chi connectivity index (χ3v) is 3.28. The summed E-state index contributed by atoms with van der Waals surface area (Å²) in [6.45, 7) is 7.41. The monoisotopic (exact) mass is 247 g/mol. The molecule has 1 N–H and O–H groups in total. The summed E-state index contributed by atoms with van der Waals surface area (Å²) in [5.74, 6) is 1.85. The predicted octanol–water partition coefficient (Wildman–Crippen LogP) is 3.81. The van der Waals surface area contributed by atoms with Gasteiger partial charge in [0, 0.05) is 11.5 Å². The van der Waals surface area contributed by atoms with Crippen molar-refractivity contribution in [2.75, 3.05) is 13.7 Å². The first-order valence-electron chi connectivity index (χ1n) is 6.47. The molecular weight excluding hydrogens is 226 g/mol. The molecule has 0 fully saturated rings. The Morgan fingerprint density at radius 1 is 1.39 bits per heavy atom. The number of hydrogen-bond acceptors (Lipinski definition) is 3. The minimum atomic E-state index is 0.239. The van der Waals surface area contributed by atoms with Crippen LogP contribution in [-0.2, 0) is 0 Å². The van der Waals surface area contributed by atoms with Crippen molar-refractivity contribution in [3.05, 3.63) is 29.5 Å². The van der Waals surface area contributed by atoms with Gasteiger partial charge in [-0.25, -0.2) is 0 Å². The molecule has 0 saturated carbocycles. The lowest BCUT2D eigenvalue weighted by molar-refractivity contribution is 0.413. The molecule has 0 spiro atoms. The van der Waals surface area contributed by atoms with Crippen LogP contribution in [0.1, 0.15) is 37.6 Å². The highest BCUT2D eigenvalue weighted by atomic mass is 16.5. The molecule has 0 aliphatic carbocycles. The van der Waals surface area contributed by atoms with Gasteiger partial charge in [0.1, 0.15) is 17.1 Å². The summed E-state index contributed by atoms with van der Waals surface area (Å²) in [6, 6.07) is 6.21. The van der Waals surface area contributed by atoms with E-state index in [4.69, 9.17) is 9.15 Å². The first-order chi connectivity index (χ1) is 8.67. The zero-order valence-corrected chi connectivity index (χ0v) is 11.5. The molecule has 18 heavy (non-hydrogen) atoms. The quantitative estimate of drug-likeness (QED) is 0.872. The highest BCUT2D eigenvalue weighted by Gasteiger charge is 2.16. The van der Waals surface area contributed by atoms with Crippen molar-refractivity contribution in [1.29, 1.82) is 0 Å². The maximum absolute atomic E-state index is 5.96. The van der Waals surface area contributed by atoms with E-state index in [1.807, 2.05) is 12.1 Å². The van der Waals surface area contributed by atoms with E-state index in [0.717, 1.165) is 35.4 Å². The topological polar surface area (TPSA) is 34.4 Å². The molecule has 3 heteroatoms. The fraction of sp³-hybridized carbons (Fsp3) is 0.467. The summed E-state index contributed by atoms with van der Waals surface area (Å²) in [7, 11) is 1.67. The molecule has 2 rings (SSSR count). The molecule has 1 heterocycles. The molecule has 0 saturated heterocycles. The number of furan rings is 1. The van der Waals surface area contributed by atoms with Crippen molar-refractivity contribution >= 4 is 11.0 Å². The fourth-order valence-electron chi connectivity index (χ4n) is 2.22. The van der Waals surface area contributed by atoms with Crippen LogP contribution in [0.2, 0.25) is 0 Å². The molecule has 98 valence electrons. The van der Waals surface area contributed by atoms with Crippen LogP contribution >= 0.6 is 0 Å². The number of fused-ring (bicyclic) bond motifs is 1. The van der Waals surface area contributed by atoms with Crippen molar-refractivity contribution in [3.8, 4) is 5.75 Å². The minimum absolute atomic E-state index is 0.239. The van der Waals surface area contributed by atoms with E-state index in [-0.39, 0.29) is 6.04 Å². The number of methoxy groups -OCH3 is 1. The molecule has 0 bridgehead atoms. The second-order valence-electron chi connectivity index (χ2n) is 4.63. The Bertz CT molecular complexity index is 531. The van der Waals surface area contributed by atoms with Gasteiger partial charge in [0.25, 0.3) is 0 Å². The predicted molar refractivity (Wildman–Crippen MR) is 74.2 cm³/mol. The van der Waals surface area contributed by atoms with Gasteiger partial charge in [-0.1, -0.05) is 6.92 Å². The number of benzene rings is 1. The Balaban J connectivity index is 2.37. The Morgan fingerprint density at radius 3 is 2.83 bits per heavy atom. The van der Waals surface area contributed by atoms with Crippen molar-refractivity contribution in [1.82, 2.24) is 5.32 Å². The molecule has 3 nitrogen and oxygen atoms in total. The molecule has 1 atom stereocenters. The molecule has 1 unspecified atom stereocenters. The number of nitrogens with one attached hydrogen (secondary N) is 1. The van der Waals surface area contributed by atoms with E-state index in [0.29, 0.717) is 0 Å². The largest absolute Gasteiger partial charge is 0.497 e. The fourth-order valence-corrected chi connectivity index (χ4v) is 2.22. The second kappa shape index (κ2) is 5.44. The minimum Gasteiger partial charge on any atom is -0.497 e. The van der Waals surface area contributed by atoms with Crippen molar-refractivity contribution in [2.45, 2.75) is 33.2 Å². The smallest absolute Gasteiger partial charge is 0.138 e. The SMILES string of the molecule is CCCNC(C)c1oc2cc(OC)ccc2c1C. The summed E-state index contributed by atoms with van der Waals surface area (Å²) >= 11 is 0. The molecular formula is C15H21NO2. The van der Waals surface area contributed by atoms with Crippen LogP contribution in [0, 0.1) is 6.92 Å². The van der Waals surface area contributed by atoms with Crippen LogP contribution in [-0.4, -0.2) is 13.7 Å². The van der Waals surface area contributed by atoms with Crippen LogP contribution in [0.25, 0.3) is 11.0 Å². The lowest BCUT2D eigenvalue weighted by atomic mass is 10.1. The van der Waals surface area contributed by atoms with Gasteiger partial charge >= 0.3 is 0 Å². The maximum atomic E-state index is 5.96. The van der Waals surface area contributed by atoms with E-state index in [9.17, 15) is 0 Å². The highest BCUT2D eigenvalue weighted by Crippen LogP contribution is 2.31. The van der Waals surface area contributed by atoms with Gasteiger partial charge in [-0.15, -0.1) is 0 Å². The van der Waals surface area contributed by atoms with Gasteiger partial charge in [0.05, 0.1) is 13.2 Å². The maximum Gasteiger partial charge on any atom is 0.138 e. The number of aryl methyl sites for hydroxylation is 1. The van der Waals surface area contributed by atoms with E-state index < -0.39 is 0 Å². The average molecular weight is 247 g/mol. The molecule has 0 amide bonds. The molecule has 0 radical (unpaired) electrons. The third kappa shape index (κ3) is 2.36. The first kappa shape index (κ1) is 13.0. The van der Waals surface area contributed by atoms with Crippen molar-refractivity contribution < 1.29 is 9.15 Å². The molecule has 2 aromatic rings. The number of hydrogen-bond donors (Lipinski definition) is 1. The molecule has 0 aliphatic heterocycles. The van der Waals surface area contributed by atoms with Crippen LogP contribution in [0.4, 0.5) is 0 Å². The lowest BCUT2D eigenvalue weighted by Crippen LogP contribution is -2.19. The normalized spacial score (nSPS) is 12.9. The van der Waals surface area contributed by atoms with Crippen molar-refractivity contribution in [3.63, 3.8) is 0 Å². The Hall–Kier alpha value is -1.48. The van der Waals surface area contributed by atoms with Gasteiger partial charge in [-0.05, 0) is 44.5 Å². The van der Waals surface area contributed by atoms with E-state index >= 15 is 0 Å². The lowest BCUT2D eigenvalue weighted by Gasteiger charge is -2.11. The summed E-state index contributed by atoms with van der Waals surface area (Å²) in [6.07, 6.45) is 1.12. The standard InChI is InChI=1S/C15H21NO2/c1-5-8-16-11(3)15-10(2)13-7-6-12(17-4)9-14(13)18-15/h6-7,9,11,16H,5,8H2,1-4H3. The third-order valence-electron chi connectivity index (χ3n) is 3.28. The van der Waals surface area contributed by atoms with Gasteiger partial charge in [-0.2, -0.15) is 0 Å². The summed E-state index contributed by atoms with van der Waals surface area (Å²) in [4.78, 5) is 0. The number of rotatable bonds is 5. The highest BCUT2D eigenvalue weighted by molar-refractivity contribution is 5.83. The summed E-state index contributed by atoms with van der Waals surface area (Å²) in [5, 5.41) is 4.62. The first-order valence-corrected chi connectivity index (χ1v) is 6.47. The van der Waals surface area contributed by atoms with Crippen LogP contribution in [0.5, 0.6) is 5.75 Å². The zero-order chi connectivity index (χ0) is 13.1. The van der Waals surface area contributed by atoms with Crippen LogP contribution < -0.4 is 10.1 Å². The molecule has 0 aliphatic rings. The van der Waals surface area contributed by atoms with Crippen LogP contribution in [0.3, 0.4) is 0 Å². The second-order valence-corrected chi connectivity index (χ2v) is 4.63. The van der Waals surface area contributed by atoms with Crippen LogP contribution in [0.15, 0.2) is 22.6 Å². The van der Waals surface area contributed by atoms with E-state index in [2.05, 4.69) is 32.2 Å². The van der Waals surface area contributed by atoms with Gasteiger partial charge < -0.3 is 14.5 Å². The number of ether oxygens (including phenoxy) is 1. The van der Waals surface area contributed by atoms with Gasteiger partial charge in [-0.3, -0.25) is 0 Å². The average Bonchev–Trinajstić information content (AvgIpc) is 2.72. The van der Waals surface area contributed by atoms with E-state index in [1.54, 1.807) is 7.11 Å². The molecule has 1 aromatic heterocycles. The summed E-state index contributed by atoms with van der Waals surface area (Å²) in [5.41, 5.74) is 2.11. The van der Waals surface area contributed by atoms with Gasteiger partial charge in [0.2, 0.25) is 0 Å². The van der Waals surface area contributed by atoms with Gasteiger partial charge in [0.15, 0.2) is 0 Å². The molecule has 1 aromatic carbocycles.